The normalized spacial score (nSPS) is 14.5. The lowest BCUT2D eigenvalue weighted by Crippen LogP contribution is -2.27. The number of sulfonamides is 2. The number of hydrogen-bond donors (Lipinski definition) is 1. The van der Waals surface area contributed by atoms with E-state index < -0.39 is 20.0 Å². The molecule has 0 spiro atoms. The molecule has 25 heavy (non-hydrogen) atoms. The van der Waals surface area contributed by atoms with Crippen LogP contribution in [0.15, 0.2) is 53.4 Å². The van der Waals surface area contributed by atoms with E-state index in [0.717, 1.165) is 17.4 Å². The van der Waals surface area contributed by atoms with Crippen molar-refractivity contribution in [3.05, 3.63) is 59.7 Å². The van der Waals surface area contributed by atoms with E-state index in [1.165, 1.54) is 10.4 Å². The topological polar surface area (TPSA) is 83.6 Å². The van der Waals surface area contributed by atoms with Crippen LogP contribution < -0.4 is 9.03 Å². The highest BCUT2D eigenvalue weighted by molar-refractivity contribution is 7.92. The van der Waals surface area contributed by atoms with Gasteiger partial charge in [-0.2, -0.15) is 0 Å². The molecule has 0 bridgehead atoms. The van der Waals surface area contributed by atoms with Crippen LogP contribution in [0.25, 0.3) is 0 Å². The van der Waals surface area contributed by atoms with Crippen LogP contribution in [0.3, 0.4) is 0 Å². The Bertz CT molecular complexity index is 971. The van der Waals surface area contributed by atoms with Gasteiger partial charge in [-0.3, -0.25) is 4.31 Å². The highest BCUT2D eigenvalue weighted by Gasteiger charge is 2.27. The molecule has 134 valence electrons. The lowest BCUT2D eigenvalue weighted by atomic mass is 10.2. The van der Waals surface area contributed by atoms with Crippen molar-refractivity contribution in [1.29, 1.82) is 0 Å². The average molecular weight is 380 g/mol. The smallest absolute Gasteiger partial charge is 0.240 e. The lowest BCUT2D eigenvalue weighted by Gasteiger charge is -2.16. The van der Waals surface area contributed by atoms with E-state index in [9.17, 15) is 16.8 Å². The number of nitrogens with one attached hydrogen (secondary N) is 1. The van der Waals surface area contributed by atoms with Gasteiger partial charge < -0.3 is 0 Å². The van der Waals surface area contributed by atoms with Crippen LogP contribution in [0.2, 0.25) is 0 Å². The summed E-state index contributed by atoms with van der Waals surface area (Å²) in [7, 11) is -6.96. The van der Waals surface area contributed by atoms with Gasteiger partial charge in [0.25, 0.3) is 0 Å². The van der Waals surface area contributed by atoms with E-state index in [0.29, 0.717) is 31.6 Å². The van der Waals surface area contributed by atoms with Gasteiger partial charge >= 0.3 is 0 Å². The Labute approximate surface area is 148 Å². The molecule has 3 rings (SSSR count). The summed E-state index contributed by atoms with van der Waals surface area (Å²) in [4.78, 5) is 0.162. The first kappa shape index (κ1) is 17.9. The maximum absolute atomic E-state index is 12.5. The van der Waals surface area contributed by atoms with Crippen LogP contribution in [0, 0.1) is 0 Å². The molecule has 2 aromatic carbocycles. The molecular formula is C17H20N2O4S2. The summed E-state index contributed by atoms with van der Waals surface area (Å²) in [5.41, 5.74) is 2.35. The summed E-state index contributed by atoms with van der Waals surface area (Å²) in [6.45, 7) is 0.651. The number of anilines is 1. The molecular weight excluding hydrogens is 360 g/mol. The second-order valence-corrected chi connectivity index (χ2v) is 9.68. The quantitative estimate of drug-likeness (QED) is 0.824. The predicted octanol–water partition coefficient (Wildman–Crippen LogP) is 1.53. The molecule has 1 aliphatic heterocycles. The summed E-state index contributed by atoms with van der Waals surface area (Å²) >= 11 is 0. The summed E-state index contributed by atoms with van der Waals surface area (Å²) < 4.78 is 52.3. The Morgan fingerprint density at radius 2 is 1.76 bits per heavy atom. The molecule has 0 unspecified atom stereocenters. The van der Waals surface area contributed by atoms with E-state index in [1.807, 2.05) is 30.3 Å². The second kappa shape index (κ2) is 6.78. The fourth-order valence-electron chi connectivity index (χ4n) is 2.92. The Balaban J connectivity index is 1.73. The number of benzene rings is 2. The minimum absolute atomic E-state index is 0.162. The largest absolute Gasteiger partial charge is 0.270 e. The molecule has 0 radical (unpaired) electrons. The number of fused-ring (bicyclic) bond motifs is 1. The Morgan fingerprint density at radius 1 is 1.04 bits per heavy atom. The summed E-state index contributed by atoms with van der Waals surface area (Å²) in [5, 5.41) is 0. The van der Waals surface area contributed by atoms with Crippen molar-refractivity contribution in [2.24, 2.45) is 0 Å². The number of rotatable bonds is 6. The van der Waals surface area contributed by atoms with Crippen LogP contribution in [-0.2, 0) is 32.9 Å². The zero-order valence-electron chi connectivity index (χ0n) is 13.8. The highest BCUT2D eigenvalue weighted by atomic mass is 32.2. The molecule has 0 amide bonds. The third kappa shape index (κ3) is 4.02. The van der Waals surface area contributed by atoms with Crippen molar-refractivity contribution in [2.45, 2.75) is 17.7 Å². The molecule has 6 nitrogen and oxygen atoms in total. The fraction of sp³-hybridized carbons (Fsp3) is 0.294. The zero-order chi connectivity index (χ0) is 18.1. The van der Waals surface area contributed by atoms with Crippen LogP contribution >= 0.6 is 0 Å². The number of nitrogens with zero attached hydrogens (tertiary/aromatic N) is 1. The van der Waals surface area contributed by atoms with Crippen LogP contribution in [-0.4, -0.2) is 36.2 Å². The van der Waals surface area contributed by atoms with E-state index in [-0.39, 0.29) is 4.90 Å². The first-order chi connectivity index (χ1) is 11.8. The predicted molar refractivity (Wildman–Crippen MR) is 97.7 cm³/mol. The van der Waals surface area contributed by atoms with E-state index in [1.54, 1.807) is 12.1 Å². The van der Waals surface area contributed by atoms with Gasteiger partial charge in [0.1, 0.15) is 0 Å². The van der Waals surface area contributed by atoms with Crippen LogP contribution in [0.4, 0.5) is 5.69 Å². The van der Waals surface area contributed by atoms with Crippen LogP contribution in [0.1, 0.15) is 11.1 Å². The lowest BCUT2D eigenvalue weighted by molar-refractivity contribution is 0.581. The van der Waals surface area contributed by atoms with E-state index in [2.05, 4.69) is 4.72 Å². The van der Waals surface area contributed by atoms with Gasteiger partial charge in [0, 0.05) is 13.1 Å². The van der Waals surface area contributed by atoms with Crippen molar-refractivity contribution < 1.29 is 16.8 Å². The summed E-state index contributed by atoms with van der Waals surface area (Å²) in [6.07, 6.45) is 2.26. The third-order valence-electron chi connectivity index (χ3n) is 4.16. The Hall–Kier alpha value is -1.90. The molecule has 0 fully saturated rings. The molecule has 0 saturated heterocycles. The molecule has 8 heteroatoms. The maximum Gasteiger partial charge on any atom is 0.240 e. The molecule has 0 atom stereocenters. The average Bonchev–Trinajstić information content (AvgIpc) is 2.99. The Kier molecular flexibility index (Phi) is 4.86. The van der Waals surface area contributed by atoms with Gasteiger partial charge in [-0.05, 0) is 42.2 Å². The third-order valence-corrected chi connectivity index (χ3v) is 6.80. The standard InChI is InChI=1S/C17H20N2O4S2/c1-24(20,21)19-12-10-15-13-16(7-8-17(15)19)25(22,23)18-11-9-14-5-3-2-4-6-14/h2-8,13,18H,9-12H2,1H3. The van der Waals surface area contributed by atoms with Gasteiger partial charge in [0.05, 0.1) is 16.8 Å². The highest BCUT2D eigenvalue weighted by Crippen LogP contribution is 2.31. The monoisotopic (exact) mass is 380 g/mol. The van der Waals surface area contributed by atoms with Gasteiger partial charge in [-0.1, -0.05) is 30.3 Å². The first-order valence-corrected chi connectivity index (χ1v) is 11.2. The van der Waals surface area contributed by atoms with Crippen LogP contribution in [0.5, 0.6) is 0 Å². The van der Waals surface area contributed by atoms with Gasteiger partial charge in [0.15, 0.2) is 0 Å². The van der Waals surface area contributed by atoms with Gasteiger partial charge in [-0.15, -0.1) is 0 Å². The first-order valence-electron chi connectivity index (χ1n) is 7.91. The van der Waals surface area contributed by atoms with Crippen molar-refractivity contribution in [1.82, 2.24) is 4.72 Å². The minimum atomic E-state index is -3.62. The Morgan fingerprint density at radius 3 is 2.44 bits per heavy atom. The molecule has 1 N–H and O–H groups in total. The van der Waals surface area contributed by atoms with Crippen molar-refractivity contribution >= 4 is 25.7 Å². The van der Waals surface area contributed by atoms with Gasteiger partial charge in [-0.25, -0.2) is 21.6 Å². The molecule has 0 aromatic heterocycles. The molecule has 1 heterocycles. The van der Waals surface area contributed by atoms with Crippen molar-refractivity contribution in [2.75, 3.05) is 23.7 Å². The van der Waals surface area contributed by atoms with Crippen molar-refractivity contribution in [3.8, 4) is 0 Å². The fourth-order valence-corrected chi connectivity index (χ4v) is 4.96. The molecule has 1 aliphatic rings. The zero-order valence-corrected chi connectivity index (χ0v) is 15.5. The second-order valence-electron chi connectivity index (χ2n) is 6.01. The maximum atomic E-state index is 12.5. The number of hydrogen-bond acceptors (Lipinski definition) is 4. The minimum Gasteiger partial charge on any atom is -0.270 e. The summed E-state index contributed by atoms with van der Waals surface area (Å²) in [6, 6.07) is 14.2. The summed E-state index contributed by atoms with van der Waals surface area (Å²) in [5.74, 6) is 0. The molecule has 2 aromatic rings. The molecule has 0 aliphatic carbocycles. The SMILES string of the molecule is CS(=O)(=O)N1CCc2cc(S(=O)(=O)NCCc3ccccc3)ccc21. The van der Waals surface area contributed by atoms with Gasteiger partial charge in [0.2, 0.25) is 20.0 Å². The van der Waals surface area contributed by atoms with E-state index >= 15 is 0 Å². The van der Waals surface area contributed by atoms with E-state index in [4.69, 9.17) is 0 Å². The molecule has 0 saturated carbocycles. The van der Waals surface area contributed by atoms with Crippen molar-refractivity contribution in [3.63, 3.8) is 0 Å².